The molecule has 1 aromatic heterocycles. The van der Waals surface area contributed by atoms with Crippen molar-refractivity contribution in [3.05, 3.63) is 71.3 Å². The summed E-state index contributed by atoms with van der Waals surface area (Å²) < 4.78 is 0. The molecule has 2 aromatic carbocycles. The number of nitrogens with zero attached hydrogens (tertiary/aromatic N) is 3. The van der Waals surface area contributed by atoms with Gasteiger partial charge in [-0.15, -0.1) is 10.2 Å². The molecule has 0 atom stereocenters. The monoisotopic (exact) mass is 372 g/mol. The number of aryl methyl sites for hydroxylation is 2. The van der Waals surface area contributed by atoms with E-state index in [1.54, 1.807) is 0 Å². The van der Waals surface area contributed by atoms with Crippen LogP contribution in [-0.2, 0) is 0 Å². The fraction of sp³-hybridized carbons (Fsp3) is 0.261. The van der Waals surface area contributed by atoms with Crippen molar-refractivity contribution in [1.82, 2.24) is 10.2 Å². The zero-order valence-corrected chi connectivity index (χ0v) is 16.3. The lowest BCUT2D eigenvalue weighted by Gasteiger charge is -2.15. The highest BCUT2D eigenvalue weighted by Crippen LogP contribution is 2.23. The molecule has 0 bridgehead atoms. The maximum absolute atomic E-state index is 12.6. The number of anilines is 2. The van der Waals surface area contributed by atoms with Crippen LogP contribution in [0, 0.1) is 13.8 Å². The van der Waals surface area contributed by atoms with Gasteiger partial charge in [0.15, 0.2) is 5.82 Å². The van der Waals surface area contributed by atoms with Crippen molar-refractivity contribution in [2.24, 2.45) is 0 Å². The molecule has 1 amide bonds. The van der Waals surface area contributed by atoms with Gasteiger partial charge in [-0.05, 0) is 74.2 Å². The summed E-state index contributed by atoms with van der Waals surface area (Å²) in [7, 11) is 0. The third-order valence-corrected chi connectivity index (χ3v) is 5.27. The molecule has 0 aliphatic carbocycles. The van der Waals surface area contributed by atoms with Crippen LogP contribution < -0.4 is 10.2 Å². The Bertz CT molecular complexity index is 992. The lowest BCUT2D eigenvalue weighted by Crippen LogP contribution is -2.19. The van der Waals surface area contributed by atoms with Crippen LogP contribution in [0.15, 0.2) is 54.6 Å². The van der Waals surface area contributed by atoms with Crippen LogP contribution in [0.1, 0.15) is 34.3 Å². The molecule has 28 heavy (non-hydrogen) atoms. The van der Waals surface area contributed by atoms with E-state index in [4.69, 9.17) is 0 Å². The summed E-state index contributed by atoms with van der Waals surface area (Å²) in [5.74, 6) is 0.816. The second-order valence-corrected chi connectivity index (χ2v) is 7.30. The van der Waals surface area contributed by atoms with E-state index in [1.165, 1.54) is 18.4 Å². The summed E-state index contributed by atoms with van der Waals surface area (Å²) >= 11 is 0. The summed E-state index contributed by atoms with van der Waals surface area (Å²) in [4.78, 5) is 14.8. The first-order chi connectivity index (χ1) is 13.6. The van der Waals surface area contributed by atoms with Crippen molar-refractivity contribution >= 4 is 17.4 Å². The van der Waals surface area contributed by atoms with Crippen LogP contribution in [0.5, 0.6) is 0 Å². The smallest absolute Gasteiger partial charge is 0.255 e. The van der Waals surface area contributed by atoms with Crippen molar-refractivity contribution in [3.8, 4) is 11.3 Å². The van der Waals surface area contributed by atoms with Crippen LogP contribution in [0.4, 0.5) is 11.5 Å². The summed E-state index contributed by atoms with van der Waals surface area (Å²) in [5.41, 5.74) is 5.40. The molecule has 1 aliphatic heterocycles. The van der Waals surface area contributed by atoms with Gasteiger partial charge < -0.3 is 10.2 Å². The number of carbonyl (C=O) groups is 1. The van der Waals surface area contributed by atoms with Gasteiger partial charge in [0.05, 0.1) is 5.69 Å². The van der Waals surface area contributed by atoms with E-state index in [1.807, 2.05) is 68.4 Å². The van der Waals surface area contributed by atoms with Gasteiger partial charge in [-0.25, -0.2) is 0 Å². The quantitative estimate of drug-likeness (QED) is 0.726. The van der Waals surface area contributed by atoms with Crippen molar-refractivity contribution in [3.63, 3.8) is 0 Å². The SMILES string of the molecule is Cc1ccc(C(=O)Nc2cccc(-c3ccc(N4CCCC4)nn3)c2)cc1C. The van der Waals surface area contributed by atoms with E-state index >= 15 is 0 Å². The van der Waals surface area contributed by atoms with Gasteiger partial charge in [-0.2, -0.15) is 0 Å². The molecule has 1 fully saturated rings. The minimum atomic E-state index is -0.115. The molecule has 4 rings (SSSR count). The predicted molar refractivity (Wildman–Crippen MR) is 113 cm³/mol. The molecular formula is C23H24N4O. The van der Waals surface area contributed by atoms with Crippen LogP contribution in [0.25, 0.3) is 11.3 Å². The van der Waals surface area contributed by atoms with Crippen molar-refractivity contribution in [2.45, 2.75) is 26.7 Å². The molecule has 3 aromatic rings. The van der Waals surface area contributed by atoms with Gasteiger partial charge in [0.1, 0.15) is 0 Å². The zero-order chi connectivity index (χ0) is 19.5. The third-order valence-electron chi connectivity index (χ3n) is 5.27. The number of nitrogens with one attached hydrogen (secondary N) is 1. The minimum Gasteiger partial charge on any atom is -0.355 e. The molecule has 0 saturated carbocycles. The van der Waals surface area contributed by atoms with Crippen LogP contribution in [0.2, 0.25) is 0 Å². The standard InChI is InChI=1S/C23H24N4O/c1-16-8-9-19(14-17(16)2)23(28)24-20-7-5-6-18(15-20)21-10-11-22(26-25-21)27-12-3-4-13-27/h5-11,14-15H,3-4,12-13H2,1-2H3,(H,24,28). The van der Waals surface area contributed by atoms with E-state index < -0.39 is 0 Å². The lowest BCUT2D eigenvalue weighted by molar-refractivity contribution is 0.102. The molecule has 1 saturated heterocycles. The molecular weight excluding hydrogens is 348 g/mol. The van der Waals surface area contributed by atoms with Crippen molar-refractivity contribution in [2.75, 3.05) is 23.3 Å². The average molecular weight is 372 g/mol. The average Bonchev–Trinajstić information content (AvgIpc) is 3.25. The largest absolute Gasteiger partial charge is 0.355 e. The topological polar surface area (TPSA) is 58.1 Å². The summed E-state index contributed by atoms with van der Waals surface area (Å²) in [5, 5.41) is 11.7. The molecule has 142 valence electrons. The Hall–Kier alpha value is -3.21. The Morgan fingerprint density at radius 3 is 2.46 bits per heavy atom. The summed E-state index contributed by atoms with van der Waals surface area (Å²) in [6.45, 7) is 6.15. The van der Waals surface area contributed by atoms with Crippen LogP contribution in [-0.4, -0.2) is 29.2 Å². The van der Waals surface area contributed by atoms with Gasteiger partial charge in [0.2, 0.25) is 0 Å². The summed E-state index contributed by atoms with van der Waals surface area (Å²) in [6, 6.07) is 17.5. The molecule has 0 radical (unpaired) electrons. The first-order valence-corrected chi connectivity index (χ1v) is 9.68. The molecule has 1 N–H and O–H groups in total. The Balaban J connectivity index is 1.51. The number of rotatable bonds is 4. The maximum Gasteiger partial charge on any atom is 0.255 e. The molecule has 0 unspecified atom stereocenters. The maximum atomic E-state index is 12.6. The number of hydrogen-bond acceptors (Lipinski definition) is 4. The molecule has 5 heteroatoms. The predicted octanol–water partition coefficient (Wildman–Crippen LogP) is 4.61. The van der Waals surface area contributed by atoms with Gasteiger partial charge >= 0.3 is 0 Å². The molecule has 5 nitrogen and oxygen atoms in total. The van der Waals surface area contributed by atoms with Crippen molar-refractivity contribution < 1.29 is 4.79 Å². The van der Waals surface area contributed by atoms with Crippen LogP contribution >= 0.6 is 0 Å². The van der Waals surface area contributed by atoms with Gasteiger partial charge in [-0.1, -0.05) is 18.2 Å². The number of aromatic nitrogens is 2. The fourth-order valence-corrected chi connectivity index (χ4v) is 3.44. The van der Waals surface area contributed by atoms with E-state index in [0.717, 1.165) is 41.4 Å². The normalized spacial score (nSPS) is 13.6. The highest BCUT2D eigenvalue weighted by molar-refractivity contribution is 6.04. The number of hydrogen-bond donors (Lipinski definition) is 1. The molecule has 2 heterocycles. The highest BCUT2D eigenvalue weighted by atomic mass is 16.1. The Kier molecular flexibility index (Phi) is 5.06. The number of carbonyl (C=O) groups excluding carboxylic acids is 1. The van der Waals surface area contributed by atoms with E-state index in [9.17, 15) is 4.79 Å². The lowest BCUT2D eigenvalue weighted by atomic mass is 10.1. The Labute approximate surface area is 165 Å². The van der Waals surface area contributed by atoms with Crippen LogP contribution in [0.3, 0.4) is 0 Å². The Morgan fingerprint density at radius 1 is 0.929 bits per heavy atom. The van der Waals surface area contributed by atoms with Gasteiger partial charge in [-0.3, -0.25) is 4.79 Å². The minimum absolute atomic E-state index is 0.115. The second-order valence-electron chi connectivity index (χ2n) is 7.30. The zero-order valence-electron chi connectivity index (χ0n) is 16.3. The van der Waals surface area contributed by atoms with Crippen molar-refractivity contribution in [1.29, 1.82) is 0 Å². The van der Waals surface area contributed by atoms with Gasteiger partial charge in [0.25, 0.3) is 5.91 Å². The van der Waals surface area contributed by atoms with E-state index in [-0.39, 0.29) is 5.91 Å². The third kappa shape index (κ3) is 3.88. The fourth-order valence-electron chi connectivity index (χ4n) is 3.44. The van der Waals surface area contributed by atoms with E-state index in [0.29, 0.717) is 5.56 Å². The second kappa shape index (κ2) is 7.80. The summed E-state index contributed by atoms with van der Waals surface area (Å²) in [6.07, 6.45) is 2.43. The molecule has 0 spiro atoms. The molecule has 1 aliphatic rings. The first-order valence-electron chi connectivity index (χ1n) is 9.68. The highest BCUT2D eigenvalue weighted by Gasteiger charge is 2.14. The Morgan fingerprint density at radius 2 is 1.75 bits per heavy atom. The number of benzene rings is 2. The first kappa shape index (κ1) is 18.2. The number of amides is 1. The van der Waals surface area contributed by atoms with E-state index in [2.05, 4.69) is 20.4 Å². The van der Waals surface area contributed by atoms with Gasteiger partial charge in [0, 0.05) is 29.9 Å².